The predicted molar refractivity (Wildman–Crippen MR) is 129 cm³/mol. The maximum absolute atomic E-state index is 13.2. The Balaban J connectivity index is 1.74. The lowest BCUT2D eigenvalue weighted by atomic mass is 10.1. The zero-order valence-corrected chi connectivity index (χ0v) is 19.7. The summed E-state index contributed by atoms with van der Waals surface area (Å²) >= 11 is 12.0. The number of nitrogens with one attached hydrogen (secondary N) is 2. The van der Waals surface area contributed by atoms with Crippen molar-refractivity contribution in [3.05, 3.63) is 81.7 Å². The van der Waals surface area contributed by atoms with E-state index in [1.165, 1.54) is 17.2 Å². The molecule has 0 aliphatic carbocycles. The van der Waals surface area contributed by atoms with E-state index in [9.17, 15) is 14.4 Å². The standard InChI is InChI=1S/C24H23Cl2N3O4/c1-3-10-29(14-22(30)27-19-9-8-17(25)13-18(19)26)24(32)16-7-6-15(2)20(12-16)28-23(31)21-5-4-11-33-21/h4-9,11-13H,3,10,14H2,1-2H3,(H,27,30)(H,28,31). The zero-order chi connectivity index (χ0) is 24.0. The second kappa shape index (κ2) is 11.0. The minimum absolute atomic E-state index is 0.159. The van der Waals surface area contributed by atoms with Gasteiger partial charge in [0, 0.05) is 22.8 Å². The molecule has 0 unspecified atom stereocenters. The number of halogens is 2. The molecule has 2 N–H and O–H groups in total. The highest BCUT2D eigenvalue weighted by molar-refractivity contribution is 6.36. The van der Waals surface area contributed by atoms with Gasteiger partial charge in [0.1, 0.15) is 6.54 Å². The van der Waals surface area contributed by atoms with E-state index in [1.54, 1.807) is 42.5 Å². The predicted octanol–water partition coefficient (Wildman–Crippen LogP) is 5.64. The largest absolute Gasteiger partial charge is 0.459 e. The van der Waals surface area contributed by atoms with Gasteiger partial charge in [0.2, 0.25) is 5.91 Å². The molecule has 9 heteroatoms. The van der Waals surface area contributed by atoms with Crippen molar-refractivity contribution in [1.82, 2.24) is 4.90 Å². The third-order valence-electron chi connectivity index (χ3n) is 4.80. The number of carbonyl (C=O) groups excluding carboxylic acids is 3. The summed E-state index contributed by atoms with van der Waals surface area (Å²) in [5.41, 5.74) is 2.02. The van der Waals surface area contributed by atoms with Crippen LogP contribution in [0.2, 0.25) is 10.0 Å². The van der Waals surface area contributed by atoms with E-state index in [0.717, 1.165) is 5.56 Å². The van der Waals surface area contributed by atoms with Gasteiger partial charge in [0.15, 0.2) is 5.76 Å². The van der Waals surface area contributed by atoms with Crippen LogP contribution in [-0.2, 0) is 4.79 Å². The fourth-order valence-corrected chi connectivity index (χ4v) is 3.60. The van der Waals surface area contributed by atoms with Crippen molar-refractivity contribution in [3.63, 3.8) is 0 Å². The van der Waals surface area contributed by atoms with Crippen molar-refractivity contribution < 1.29 is 18.8 Å². The van der Waals surface area contributed by atoms with E-state index in [0.29, 0.717) is 39.9 Å². The Kier molecular flexibility index (Phi) is 8.14. The van der Waals surface area contributed by atoms with Crippen LogP contribution >= 0.6 is 23.2 Å². The minimum Gasteiger partial charge on any atom is -0.459 e. The van der Waals surface area contributed by atoms with Crippen LogP contribution in [0.4, 0.5) is 11.4 Å². The number of nitrogens with zero attached hydrogens (tertiary/aromatic N) is 1. The summed E-state index contributed by atoms with van der Waals surface area (Å²) in [6.07, 6.45) is 2.07. The third kappa shape index (κ3) is 6.37. The lowest BCUT2D eigenvalue weighted by molar-refractivity contribution is -0.116. The summed E-state index contributed by atoms with van der Waals surface area (Å²) in [6.45, 7) is 3.95. The Labute approximate surface area is 201 Å². The van der Waals surface area contributed by atoms with Gasteiger partial charge >= 0.3 is 0 Å². The summed E-state index contributed by atoms with van der Waals surface area (Å²) in [5, 5.41) is 6.22. The summed E-state index contributed by atoms with van der Waals surface area (Å²) in [5.74, 6) is -0.976. The van der Waals surface area contributed by atoms with E-state index < -0.39 is 5.91 Å². The molecule has 0 saturated heterocycles. The van der Waals surface area contributed by atoms with Crippen LogP contribution in [0.3, 0.4) is 0 Å². The maximum atomic E-state index is 13.2. The second-order valence-electron chi connectivity index (χ2n) is 7.36. The molecule has 0 aliphatic heterocycles. The van der Waals surface area contributed by atoms with Gasteiger partial charge in [-0.2, -0.15) is 0 Å². The fraction of sp³-hybridized carbons (Fsp3) is 0.208. The highest BCUT2D eigenvalue weighted by Crippen LogP contribution is 2.25. The minimum atomic E-state index is -0.419. The number of furan rings is 1. The van der Waals surface area contributed by atoms with Gasteiger partial charge in [-0.3, -0.25) is 14.4 Å². The Morgan fingerprint density at radius 3 is 2.45 bits per heavy atom. The molecule has 0 spiro atoms. The molecule has 0 atom stereocenters. The molecule has 2 aromatic carbocycles. The smallest absolute Gasteiger partial charge is 0.291 e. The Bertz CT molecular complexity index is 1160. The molecule has 0 radical (unpaired) electrons. The summed E-state index contributed by atoms with van der Waals surface area (Å²) in [7, 11) is 0. The highest BCUT2D eigenvalue weighted by Gasteiger charge is 2.20. The van der Waals surface area contributed by atoms with Crippen molar-refractivity contribution >= 4 is 52.3 Å². The average Bonchev–Trinajstić information content (AvgIpc) is 3.31. The summed E-state index contributed by atoms with van der Waals surface area (Å²) in [6, 6.07) is 12.9. The van der Waals surface area contributed by atoms with Crippen molar-refractivity contribution in [2.75, 3.05) is 23.7 Å². The quantitative estimate of drug-likeness (QED) is 0.430. The summed E-state index contributed by atoms with van der Waals surface area (Å²) < 4.78 is 5.11. The molecule has 0 aliphatic rings. The van der Waals surface area contributed by atoms with E-state index in [1.807, 2.05) is 13.8 Å². The molecular formula is C24H23Cl2N3O4. The van der Waals surface area contributed by atoms with Crippen LogP contribution in [0.25, 0.3) is 0 Å². The van der Waals surface area contributed by atoms with Gasteiger partial charge in [0.05, 0.1) is 17.0 Å². The molecule has 33 heavy (non-hydrogen) atoms. The van der Waals surface area contributed by atoms with E-state index in [2.05, 4.69) is 10.6 Å². The molecule has 7 nitrogen and oxygen atoms in total. The average molecular weight is 488 g/mol. The number of rotatable bonds is 8. The molecule has 1 aromatic heterocycles. The number of hydrogen-bond donors (Lipinski definition) is 2. The van der Waals surface area contributed by atoms with E-state index >= 15 is 0 Å². The molecule has 3 aromatic rings. The van der Waals surface area contributed by atoms with Crippen LogP contribution in [0.5, 0.6) is 0 Å². The molecule has 0 saturated carbocycles. The normalized spacial score (nSPS) is 10.5. The lowest BCUT2D eigenvalue weighted by Crippen LogP contribution is -2.38. The second-order valence-corrected chi connectivity index (χ2v) is 8.20. The first-order chi connectivity index (χ1) is 15.8. The molecule has 3 rings (SSSR count). The Morgan fingerprint density at radius 1 is 1.00 bits per heavy atom. The third-order valence-corrected chi connectivity index (χ3v) is 5.35. The summed E-state index contributed by atoms with van der Waals surface area (Å²) in [4.78, 5) is 39.6. The molecule has 0 bridgehead atoms. The van der Waals surface area contributed by atoms with Gasteiger partial charge in [-0.1, -0.05) is 36.2 Å². The first-order valence-corrected chi connectivity index (χ1v) is 11.0. The van der Waals surface area contributed by atoms with Crippen molar-refractivity contribution in [2.45, 2.75) is 20.3 Å². The molecular weight excluding hydrogens is 465 g/mol. The fourth-order valence-electron chi connectivity index (χ4n) is 3.14. The van der Waals surface area contributed by atoms with Crippen LogP contribution in [0, 0.1) is 6.92 Å². The SMILES string of the molecule is CCCN(CC(=O)Nc1ccc(Cl)cc1Cl)C(=O)c1ccc(C)c(NC(=O)c2ccco2)c1. The molecule has 172 valence electrons. The first-order valence-electron chi connectivity index (χ1n) is 10.3. The van der Waals surface area contributed by atoms with Gasteiger partial charge in [-0.05, 0) is 61.4 Å². The number of amides is 3. The highest BCUT2D eigenvalue weighted by atomic mass is 35.5. The number of carbonyl (C=O) groups is 3. The molecule has 3 amide bonds. The topological polar surface area (TPSA) is 91.7 Å². The maximum Gasteiger partial charge on any atom is 0.291 e. The number of hydrogen-bond acceptors (Lipinski definition) is 4. The van der Waals surface area contributed by atoms with Crippen LogP contribution in [0.15, 0.2) is 59.2 Å². The van der Waals surface area contributed by atoms with Gasteiger partial charge in [-0.25, -0.2) is 0 Å². The van der Waals surface area contributed by atoms with Crippen molar-refractivity contribution in [3.8, 4) is 0 Å². The molecule has 0 fully saturated rings. The zero-order valence-electron chi connectivity index (χ0n) is 18.2. The Morgan fingerprint density at radius 2 is 1.79 bits per heavy atom. The van der Waals surface area contributed by atoms with Gasteiger partial charge in [0.25, 0.3) is 11.8 Å². The number of anilines is 2. The monoisotopic (exact) mass is 487 g/mol. The van der Waals surface area contributed by atoms with Crippen molar-refractivity contribution in [2.24, 2.45) is 0 Å². The van der Waals surface area contributed by atoms with Crippen molar-refractivity contribution in [1.29, 1.82) is 0 Å². The van der Waals surface area contributed by atoms with Gasteiger partial charge in [-0.15, -0.1) is 0 Å². The van der Waals surface area contributed by atoms with E-state index in [4.69, 9.17) is 27.6 Å². The Hall–Kier alpha value is -3.29. The number of benzene rings is 2. The first kappa shape index (κ1) is 24.4. The van der Waals surface area contributed by atoms with Crippen LogP contribution in [0.1, 0.15) is 39.8 Å². The molecule has 1 heterocycles. The number of aryl methyl sites for hydroxylation is 1. The van der Waals surface area contributed by atoms with Crippen LogP contribution in [-0.4, -0.2) is 35.7 Å². The van der Waals surface area contributed by atoms with Crippen LogP contribution < -0.4 is 10.6 Å². The van der Waals surface area contributed by atoms with E-state index in [-0.39, 0.29) is 24.1 Å². The lowest BCUT2D eigenvalue weighted by Gasteiger charge is -2.22. The van der Waals surface area contributed by atoms with Gasteiger partial charge < -0.3 is 20.0 Å².